The average molecular weight is 295 g/mol. The second kappa shape index (κ2) is 7.96. The van der Waals surface area contributed by atoms with Gasteiger partial charge in [-0.2, -0.15) is 11.8 Å². The number of aryl methyl sites for hydroxylation is 2. The van der Waals surface area contributed by atoms with Crippen molar-refractivity contribution in [3.63, 3.8) is 0 Å². The second-order valence-electron chi connectivity index (χ2n) is 5.39. The Morgan fingerprint density at radius 2 is 2.25 bits per heavy atom. The molecule has 1 heterocycles. The van der Waals surface area contributed by atoms with Crippen LogP contribution in [0.1, 0.15) is 29.2 Å². The van der Waals surface area contributed by atoms with Crippen LogP contribution in [0.15, 0.2) is 0 Å². The van der Waals surface area contributed by atoms with Gasteiger partial charge in [-0.05, 0) is 50.5 Å². The van der Waals surface area contributed by atoms with E-state index in [0.717, 1.165) is 44.1 Å². The number of nitrogens with zero attached hydrogens (tertiary/aromatic N) is 2. The van der Waals surface area contributed by atoms with Crippen LogP contribution in [0.2, 0.25) is 0 Å². The molecule has 0 bridgehead atoms. The van der Waals surface area contributed by atoms with E-state index in [4.69, 9.17) is 9.72 Å². The minimum absolute atomic E-state index is 0.702. The highest BCUT2D eigenvalue weighted by molar-refractivity contribution is 7.97. The van der Waals surface area contributed by atoms with E-state index >= 15 is 0 Å². The van der Waals surface area contributed by atoms with Gasteiger partial charge >= 0.3 is 0 Å². The molecule has 20 heavy (non-hydrogen) atoms. The lowest BCUT2D eigenvalue weighted by Crippen LogP contribution is -2.30. The molecule has 1 aliphatic carbocycles. The maximum absolute atomic E-state index is 5.06. The van der Waals surface area contributed by atoms with E-state index in [-0.39, 0.29) is 0 Å². The molecule has 0 aliphatic heterocycles. The summed E-state index contributed by atoms with van der Waals surface area (Å²) in [5, 5.41) is 3.47. The predicted octanol–water partition coefficient (Wildman–Crippen LogP) is 1.99. The fraction of sp³-hybridized carbons (Fsp3) is 0.733. The molecule has 1 unspecified atom stereocenters. The van der Waals surface area contributed by atoms with Crippen molar-refractivity contribution in [3.8, 4) is 0 Å². The van der Waals surface area contributed by atoms with Gasteiger partial charge in [0, 0.05) is 25.0 Å². The van der Waals surface area contributed by atoms with Crippen molar-refractivity contribution in [1.82, 2.24) is 15.3 Å². The van der Waals surface area contributed by atoms with Crippen LogP contribution < -0.4 is 5.32 Å². The van der Waals surface area contributed by atoms with E-state index < -0.39 is 0 Å². The molecule has 0 amide bonds. The summed E-state index contributed by atoms with van der Waals surface area (Å²) in [6.45, 7) is 4.91. The van der Waals surface area contributed by atoms with Crippen molar-refractivity contribution < 1.29 is 4.74 Å². The maximum atomic E-state index is 5.06. The smallest absolute Gasteiger partial charge is 0.138 e. The lowest BCUT2D eigenvalue weighted by molar-refractivity contribution is 0.197. The number of rotatable bonds is 7. The summed E-state index contributed by atoms with van der Waals surface area (Å²) in [5.41, 5.74) is 3.86. The number of ether oxygens (including phenoxy) is 1. The summed E-state index contributed by atoms with van der Waals surface area (Å²) < 4.78 is 5.06. The van der Waals surface area contributed by atoms with E-state index in [1.165, 1.54) is 23.4 Å². The van der Waals surface area contributed by atoms with Gasteiger partial charge in [-0.15, -0.1) is 0 Å². The molecule has 0 spiro atoms. The number of hydrogen-bond acceptors (Lipinski definition) is 5. The molecule has 4 nitrogen and oxygen atoms in total. The normalized spacial score (nSPS) is 18.1. The van der Waals surface area contributed by atoms with Gasteiger partial charge in [-0.3, -0.25) is 0 Å². The number of fused-ring (bicyclic) bond motifs is 1. The zero-order chi connectivity index (χ0) is 14.4. The van der Waals surface area contributed by atoms with Crippen molar-refractivity contribution in [1.29, 1.82) is 0 Å². The molecule has 0 fully saturated rings. The highest BCUT2D eigenvalue weighted by atomic mass is 32.2. The van der Waals surface area contributed by atoms with Gasteiger partial charge in [0.1, 0.15) is 5.82 Å². The van der Waals surface area contributed by atoms with E-state index in [2.05, 4.69) is 23.5 Å². The molecular formula is C15H25N3OS. The SMILES string of the molecule is COCCNCC1CCc2nc(CSC)nc(C)c2C1. The second-order valence-corrected chi connectivity index (χ2v) is 6.26. The molecule has 1 N–H and O–H groups in total. The van der Waals surface area contributed by atoms with Crippen LogP contribution in [0.5, 0.6) is 0 Å². The Hall–Kier alpha value is -0.650. The van der Waals surface area contributed by atoms with Crippen molar-refractivity contribution in [2.45, 2.75) is 31.9 Å². The van der Waals surface area contributed by atoms with E-state index in [0.29, 0.717) is 5.92 Å². The Labute approximate surface area is 126 Å². The fourth-order valence-corrected chi connectivity index (χ4v) is 3.16. The van der Waals surface area contributed by atoms with Gasteiger partial charge in [0.25, 0.3) is 0 Å². The first-order valence-electron chi connectivity index (χ1n) is 7.28. The molecular weight excluding hydrogens is 270 g/mol. The third kappa shape index (κ3) is 4.17. The lowest BCUT2D eigenvalue weighted by atomic mass is 9.86. The van der Waals surface area contributed by atoms with E-state index in [1.54, 1.807) is 18.9 Å². The summed E-state index contributed by atoms with van der Waals surface area (Å²) in [6.07, 6.45) is 5.53. The third-order valence-electron chi connectivity index (χ3n) is 3.82. The van der Waals surface area contributed by atoms with Gasteiger partial charge in [-0.25, -0.2) is 9.97 Å². The monoisotopic (exact) mass is 295 g/mol. The summed E-state index contributed by atoms with van der Waals surface area (Å²) in [5.74, 6) is 2.61. The minimum atomic E-state index is 0.702. The Bertz CT molecular complexity index is 439. The summed E-state index contributed by atoms with van der Waals surface area (Å²) in [7, 11) is 1.74. The van der Waals surface area contributed by atoms with Crippen LogP contribution in [0.3, 0.4) is 0 Å². The van der Waals surface area contributed by atoms with Crippen LogP contribution in [0.25, 0.3) is 0 Å². The Kier molecular flexibility index (Phi) is 6.26. The van der Waals surface area contributed by atoms with Crippen molar-refractivity contribution >= 4 is 11.8 Å². The largest absolute Gasteiger partial charge is 0.383 e. The molecule has 0 saturated heterocycles. The molecule has 0 radical (unpaired) electrons. The first-order valence-corrected chi connectivity index (χ1v) is 8.67. The molecule has 2 rings (SSSR count). The minimum Gasteiger partial charge on any atom is -0.383 e. The maximum Gasteiger partial charge on any atom is 0.138 e. The number of aromatic nitrogens is 2. The number of methoxy groups -OCH3 is 1. The summed E-state index contributed by atoms with van der Waals surface area (Å²) in [6, 6.07) is 0. The first kappa shape index (κ1) is 15.7. The van der Waals surface area contributed by atoms with Crippen LogP contribution in [0.4, 0.5) is 0 Å². The van der Waals surface area contributed by atoms with Crippen LogP contribution in [-0.4, -0.2) is 43.0 Å². The Balaban J connectivity index is 1.96. The first-order chi connectivity index (χ1) is 9.74. The third-order valence-corrected chi connectivity index (χ3v) is 4.36. The van der Waals surface area contributed by atoms with E-state index in [1.807, 2.05) is 0 Å². The number of hydrogen-bond donors (Lipinski definition) is 1. The lowest BCUT2D eigenvalue weighted by Gasteiger charge is -2.25. The van der Waals surface area contributed by atoms with Crippen molar-refractivity contribution in [3.05, 3.63) is 22.8 Å². The van der Waals surface area contributed by atoms with Gasteiger partial charge in [0.2, 0.25) is 0 Å². The highest BCUT2D eigenvalue weighted by Crippen LogP contribution is 2.26. The van der Waals surface area contributed by atoms with Crippen LogP contribution in [0, 0.1) is 12.8 Å². The van der Waals surface area contributed by atoms with Gasteiger partial charge < -0.3 is 10.1 Å². The number of nitrogens with one attached hydrogen (secondary N) is 1. The number of thioether (sulfide) groups is 1. The fourth-order valence-electron chi connectivity index (χ4n) is 2.77. The molecule has 1 aromatic heterocycles. The van der Waals surface area contributed by atoms with Crippen molar-refractivity contribution in [2.75, 3.05) is 33.1 Å². The molecule has 5 heteroatoms. The molecule has 1 aromatic rings. The molecule has 0 saturated carbocycles. The van der Waals surface area contributed by atoms with Gasteiger partial charge in [-0.1, -0.05) is 0 Å². The van der Waals surface area contributed by atoms with Crippen molar-refractivity contribution in [2.24, 2.45) is 5.92 Å². The predicted molar refractivity (Wildman–Crippen MR) is 84.2 cm³/mol. The zero-order valence-corrected chi connectivity index (χ0v) is 13.6. The quantitative estimate of drug-likeness (QED) is 0.780. The molecule has 1 aliphatic rings. The standard InChI is InChI=1S/C15H25N3OS/c1-11-13-8-12(9-16-6-7-19-2)4-5-14(13)18-15(17-11)10-20-3/h12,16H,4-10H2,1-3H3. The molecule has 1 atom stereocenters. The Morgan fingerprint density at radius 1 is 1.40 bits per heavy atom. The summed E-state index contributed by atoms with van der Waals surface area (Å²) in [4.78, 5) is 9.38. The van der Waals surface area contributed by atoms with Crippen LogP contribution >= 0.6 is 11.8 Å². The topological polar surface area (TPSA) is 47.0 Å². The average Bonchev–Trinajstić information content (AvgIpc) is 2.44. The zero-order valence-electron chi connectivity index (χ0n) is 12.7. The summed E-state index contributed by atoms with van der Waals surface area (Å²) >= 11 is 1.78. The Morgan fingerprint density at radius 3 is 3.00 bits per heavy atom. The highest BCUT2D eigenvalue weighted by Gasteiger charge is 2.22. The van der Waals surface area contributed by atoms with Gasteiger partial charge in [0.15, 0.2) is 0 Å². The molecule has 0 aromatic carbocycles. The van der Waals surface area contributed by atoms with E-state index in [9.17, 15) is 0 Å². The van der Waals surface area contributed by atoms with Crippen LogP contribution in [-0.2, 0) is 23.3 Å². The molecule has 112 valence electrons. The van der Waals surface area contributed by atoms with Gasteiger partial charge in [0.05, 0.1) is 12.4 Å².